The molecule has 1 unspecified atom stereocenters. The van der Waals surface area contributed by atoms with E-state index in [0.717, 1.165) is 25.0 Å². The molecule has 4 heteroatoms. The quantitative estimate of drug-likeness (QED) is 0.446. The van der Waals surface area contributed by atoms with Gasteiger partial charge in [-0.15, -0.1) is 0 Å². The van der Waals surface area contributed by atoms with E-state index in [4.69, 9.17) is 9.16 Å². The average Bonchev–Trinajstić information content (AvgIpc) is 2.57. The lowest BCUT2D eigenvalue weighted by Crippen LogP contribution is -2.41. The van der Waals surface area contributed by atoms with E-state index in [9.17, 15) is 4.79 Å². The minimum absolute atomic E-state index is 0.0565. The van der Waals surface area contributed by atoms with Gasteiger partial charge in [-0.3, -0.25) is 4.79 Å². The van der Waals surface area contributed by atoms with Gasteiger partial charge in [0.15, 0.2) is 0 Å². The predicted molar refractivity (Wildman–Crippen MR) is 73.5 cm³/mol. The maximum absolute atomic E-state index is 11.5. The van der Waals surface area contributed by atoms with Gasteiger partial charge in [-0.1, -0.05) is 13.5 Å². The first kappa shape index (κ1) is 13.7. The van der Waals surface area contributed by atoms with Crippen LogP contribution in [0.4, 0.5) is 0 Å². The monoisotopic (exact) mass is 268 g/mol. The summed E-state index contributed by atoms with van der Waals surface area (Å²) >= 11 is 0. The van der Waals surface area contributed by atoms with Crippen LogP contribution in [0.5, 0.6) is 0 Å². The Kier molecular flexibility index (Phi) is 3.34. The maximum atomic E-state index is 11.5. The minimum atomic E-state index is -1.64. The summed E-state index contributed by atoms with van der Waals surface area (Å²) in [5, 5.41) is 0. The molecule has 2 fully saturated rings. The van der Waals surface area contributed by atoms with Crippen LogP contribution in [0.1, 0.15) is 32.6 Å². The minimum Gasteiger partial charge on any atom is -0.547 e. The summed E-state index contributed by atoms with van der Waals surface area (Å²) in [4.78, 5) is 11.5. The lowest BCUT2D eigenvalue weighted by molar-refractivity contribution is -0.142. The van der Waals surface area contributed by atoms with E-state index in [1.807, 2.05) is 0 Å². The molecule has 3 nitrogen and oxygen atoms in total. The Morgan fingerprint density at radius 3 is 2.78 bits per heavy atom. The van der Waals surface area contributed by atoms with Crippen molar-refractivity contribution in [1.29, 1.82) is 0 Å². The van der Waals surface area contributed by atoms with Crippen molar-refractivity contribution in [3.63, 3.8) is 0 Å². The largest absolute Gasteiger partial charge is 0.547 e. The molecule has 102 valence electrons. The third-order valence-electron chi connectivity index (χ3n) is 4.19. The van der Waals surface area contributed by atoms with Crippen LogP contribution in [0, 0.1) is 11.3 Å². The van der Waals surface area contributed by atoms with Crippen molar-refractivity contribution in [3.05, 3.63) is 12.3 Å². The fraction of sp³-hybridized carbons (Fsp3) is 0.786. The Morgan fingerprint density at radius 2 is 2.17 bits per heavy atom. The second kappa shape index (κ2) is 4.40. The molecule has 0 radical (unpaired) electrons. The highest BCUT2D eigenvalue weighted by Crippen LogP contribution is 2.51. The first-order chi connectivity index (χ1) is 8.22. The van der Waals surface area contributed by atoms with Crippen molar-refractivity contribution in [3.8, 4) is 0 Å². The van der Waals surface area contributed by atoms with Gasteiger partial charge in [-0.05, 0) is 38.9 Å². The molecule has 1 saturated carbocycles. The molecule has 0 spiro atoms. The van der Waals surface area contributed by atoms with Crippen molar-refractivity contribution in [2.75, 3.05) is 0 Å². The van der Waals surface area contributed by atoms with Crippen LogP contribution in [0.15, 0.2) is 12.3 Å². The number of allylic oxidation sites excluding steroid dienone is 1. The molecule has 3 atom stereocenters. The molecule has 1 heterocycles. The van der Waals surface area contributed by atoms with E-state index < -0.39 is 8.32 Å². The van der Waals surface area contributed by atoms with E-state index in [0.29, 0.717) is 6.42 Å². The van der Waals surface area contributed by atoms with Crippen molar-refractivity contribution < 1.29 is 14.0 Å². The van der Waals surface area contributed by atoms with Gasteiger partial charge >= 0.3 is 5.97 Å². The number of carbonyl (C=O) groups is 1. The topological polar surface area (TPSA) is 35.5 Å². The van der Waals surface area contributed by atoms with E-state index in [1.54, 1.807) is 0 Å². The van der Waals surface area contributed by atoms with Crippen LogP contribution in [0.3, 0.4) is 0 Å². The lowest BCUT2D eigenvalue weighted by atomic mass is 9.65. The van der Waals surface area contributed by atoms with Crippen LogP contribution >= 0.6 is 0 Å². The summed E-state index contributed by atoms with van der Waals surface area (Å²) < 4.78 is 11.5. The fourth-order valence-corrected chi connectivity index (χ4v) is 4.17. The number of ether oxygens (including phenoxy) is 1. The molecule has 0 aromatic rings. The Labute approximate surface area is 111 Å². The standard InChI is InChI=1S/C14H24O3Si/c1-10(17-18(3,4)5)14(2)8-6-7-12-11(14)9-13(15)16-12/h11-12H,1,6-9H2,2-5H3/t11-,12?,14+/m1/s1. The van der Waals surface area contributed by atoms with Gasteiger partial charge in [0, 0.05) is 11.3 Å². The van der Waals surface area contributed by atoms with Gasteiger partial charge in [-0.25, -0.2) is 0 Å². The Hall–Kier alpha value is -0.773. The summed E-state index contributed by atoms with van der Waals surface area (Å²) in [7, 11) is -1.64. The van der Waals surface area contributed by atoms with Gasteiger partial charge in [-0.2, -0.15) is 0 Å². The third-order valence-corrected chi connectivity index (χ3v) is 5.05. The van der Waals surface area contributed by atoms with Gasteiger partial charge in [0.05, 0.1) is 12.2 Å². The van der Waals surface area contributed by atoms with E-state index in [-0.39, 0.29) is 23.4 Å². The summed E-state index contributed by atoms with van der Waals surface area (Å²) in [5.74, 6) is 1.07. The van der Waals surface area contributed by atoms with Crippen LogP contribution in [-0.4, -0.2) is 20.4 Å². The highest BCUT2D eigenvalue weighted by molar-refractivity contribution is 6.70. The SMILES string of the molecule is C=C(O[Si](C)(C)C)[C@]1(C)CCCC2OC(=O)C[C@H]21. The van der Waals surface area contributed by atoms with Crippen LogP contribution in [0.25, 0.3) is 0 Å². The number of hydrogen-bond donors (Lipinski definition) is 0. The lowest BCUT2D eigenvalue weighted by Gasteiger charge is -2.44. The van der Waals surface area contributed by atoms with Gasteiger partial charge in [0.2, 0.25) is 8.32 Å². The molecule has 1 aliphatic heterocycles. The highest BCUT2D eigenvalue weighted by atomic mass is 28.4. The summed E-state index contributed by atoms with van der Waals surface area (Å²) in [6.45, 7) is 12.8. The molecule has 0 N–H and O–H groups in total. The molecule has 0 amide bonds. The van der Waals surface area contributed by atoms with E-state index in [1.165, 1.54) is 0 Å². The number of rotatable bonds is 3. The summed E-state index contributed by atoms with van der Waals surface area (Å²) in [6.07, 6.45) is 3.73. The molecule has 2 aliphatic rings. The molecular weight excluding hydrogens is 244 g/mol. The number of esters is 1. The van der Waals surface area contributed by atoms with Gasteiger partial charge < -0.3 is 9.16 Å². The van der Waals surface area contributed by atoms with Crippen molar-refractivity contribution >= 4 is 14.3 Å². The predicted octanol–water partition coefficient (Wildman–Crippen LogP) is 3.47. The molecule has 2 rings (SSSR count). The third kappa shape index (κ3) is 2.48. The van der Waals surface area contributed by atoms with Crippen LogP contribution < -0.4 is 0 Å². The van der Waals surface area contributed by atoms with E-state index >= 15 is 0 Å². The first-order valence-corrected chi connectivity index (χ1v) is 10.2. The van der Waals surface area contributed by atoms with Gasteiger partial charge in [0.1, 0.15) is 6.10 Å². The number of fused-ring (bicyclic) bond motifs is 1. The van der Waals surface area contributed by atoms with Crippen molar-refractivity contribution in [2.45, 2.75) is 58.4 Å². The second-order valence-corrected chi connectivity index (χ2v) is 11.2. The Morgan fingerprint density at radius 1 is 1.50 bits per heavy atom. The normalized spacial score (nSPS) is 35.9. The number of carbonyl (C=O) groups excluding carboxylic acids is 1. The maximum Gasteiger partial charge on any atom is 0.306 e. The Bertz CT molecular complexity index is 372. The molecule has 0 aromatic carbocycles. The second-order valence-electron chi connectivity index (χ2n) is 6.79. The molecule has 0 aromatic heterocycles. The number of hydrogen-bond acceptors (Lipinski definition) is 3. The van der Waals surface area contributed by atoms with Gasteiger partial charge in [0.25, 0.3) is 0 Å². The summed E-state index contributed by atoms with van der Waals surface area (Å²) in [5.41, 5.74) is -0.102. The zero-order chi connectivity index (χ0) is 13.6. The Balaban J connectivity index is 2.18. The average molecular weight is 268 g/mol. The molecule has 1 aliphatic carbocycles. The van der Waals surface area contributed by atoms with Crippen LogP contribution in [-0.2, 0) is 14.0 Å². The summed E-state index contributed by atoms with van der Waals surface area (Å²) in [6, 6.07) is 0. The fourth-order valence-electron chi connectivity index (χ4n) is 3.19. The zero-order valence-corrected chi connectivity index (χ0v) is 12.9. The highest BCUT2D eigenvalue weighted by Gasteiger charge is 2.51. The molecule has 1 saturated heterocycles. The molecular formula is C14H24O3Si. The van der Waals surface area contributed by atoms with Crippen molar-refractivity contribution in [2.24, 2.45) is 11.3 Å². The van der Waals surface area contributed by atoms with Crippen LogP contribution in [0.2, 0.25) is 19.6 Å². The smallest absolute Gasteiger partial charge is 0.306 e. The first-order valence-electron chi connectivity index (χ1n) is 6.80. The zero-order valence-electron chi connectivity index (χ0n) is 11.9. The molecule has 0 bridgehead atoms. The van der Waals surface area contributed by atoms with Crippen molar-refractivity contribution in [1.82, 2.24) is 0 Å². The van der Waals surface area contributed by atoms with E-state index in [2.05, 4.69) is 33.1 Å². The molecule has 18 heavy (non-hydrogen) atoms.